The van der Waals surface area contributed by atoms with Crippen molar-refractivity contribution in [2.75, 3.05) is 0 Å². The molecule has 0 N–H and O–H groups in total. The molecule has 0 heteroatoms. The minimum atomic E-state index is 0.805. The summed E-state index contributed by atoms with van der Waals surface area (Å²) in [6.07, 6.45) is 7.02. The Hall–Kier alpha value is -0.780. The van der Waals surface area contributed by atoms with Crippen LogP contribution in [0.25, 0.3) is 0 Å². The molecule has 0 aromatic heterocycles. The maximum Gasteiger partial charge on any atom is -0.0156 e. The average molecular weight is 186 g/mol. The molecule has 2 aliphatic carbocycles. The molecule has 1 aromatic rings. The van der Waals surface area contributed by atoms with E-state index in [0.29, 0.717) is 0 Å². The quantitative estimate of drug-likeness (QED) is 0.574. The minimum Gasteiger partial charge on any atom is -0.0617 e. The summed E-state index contributed by atoms with van der Waals surface area (Å²) in [4.78, 5) is 0. The van der Waals surface area contributed by atoms with Gasteiger partial charge in [-0.15, -0.1) is 0 Å². The van der Waals surface area contributed by atoms with Gasteiger partial charge in [0.15, 0.2) is 0 Å². The SMILES string of the molecule is C[C@@H]1CC[C@H]2CCCc3cccc1c32. The van der Waals surface area contributed by atoms with Gasteiger partial charge in [0.25, 0.3) is 0 Å². The van der Waals surface area contributed by atoms with Crippen LogP contribution in [0, 0.1) is 0 Å². The van der Waals surface area contributed by atoms with E-state index in [1.165, 1.54) is 32.1 Å². The molecule has 0 bridgehead atoms. The van der Waals surface area contributed by atoms with Gasteiger partial charge in [-0.1, -0.05) is 25.1 Å². The molecule has 74 valence electrons. The third kappa shape index (κ3) is 1.13. The van der Waals surface area contributed by atoms with Gasteiger partial charge < -0.3 is 0 Å². The maximum absolute atomic E-state index is 2.39. The maximum atomic E-state index is 2.39. The smallest absolute Gasteiger partial charge is 0.0156 e. The molecule has 0 spiro atoms. The lowest BCUT2D eigenvalue weighted by molar-refractivity contribution is 0.446. The summed E-state index contributed by atoms with van der Waals surface area (Å²) >= 11 is 0. The van der Waals surface area contributed by atoms with Gasteiger partial charge in [0, 0.05) is 0 Å². The topological polar surface area (TPSA) is 0 Å². The van der Waals surface area contributed by atoms with E-state index in [2.05, 4.69) is 25.1 Å². The zero-order valence-corrected chi connectivity index (χ0v) is 8.92. The lowest BCUT2D eigenvalue weighted by Gasteiger charge is -2.35. The van der Waals surface area contributed by atoms with E-state index in [1.54, 1.807) is 16.7 Å². The Balaban J connectivity index is 2.19. The summed E-state index contributed by atoms with van der Waals surface area (Å²) in [6.45, 7) is 2.39. The standard InChI is InChI=1S/C14H18/c1-10-8-9-12-5-2-4-11-6-3-7-13(10)14(11)12/h3,6-7,10,12H,2,4-5,8-9H2,1H3/t10-,12-/m1/s1. The lowest BCUT2D eigenvalue weighted by Crippen LogP contribution is -2.18. The van der Waals surface area contributed by atoms with Crippen LogP contribution in [0.4, 0.5) is 0 Å². The first-order valence-electron chi connectivity index (χ1n) is 5.98. The fraction of sp³-hybridized carbons (Fsp3) is 0.571. The largest absolute Gasteiger partial charge is 0.0617 e. The van der Waals surface area contributed by atoms with Gasteiger partial charge >= 0.3 is 0 Å². The highest BCUT2D eigenvalue weighted by atomic mass is 14.3. The van der Waals surface area contributed by atoms with Crippen molar-refractivity contribution in [3.05, 3.63) is 34.9 Å². The van der Waals surface area contributed by atoms with Gasteiger partial charge in [0.2, 0.25) is 0 Å². The second kappa shape index (κ2) is 3.12. The molecule has 1 aromatic carbocycles. The van der Waals surface area contributed by atoms with Crippen LogP contribution in [0.3, 0.4) is 0 Å². The first-order valence-corrected chi connectivity index (χ1v) is 5.98. The van der Waals surface area contributed by atoms with E-state index in [9.17, 15) is 0 Å². The molecule has 0 unspecified atom stereocenters. The molecular formula is C14H18. The number of aryl methyl sites for hydroxylation is 1. The molecule has 0 heterocycles. The molecule has 0 radical (unpaired) electrons. The Bertz CT molecular complexity index is 351. The number of hydrogen-bond acceptors (Lipinski definition) is 0. The minimum absolute atomic E-state index is 0.805. The summed E-state index contributed by atoms with van der Waals surface area (Å²) in [6, 6.07) is 6.97. The Morgan fingerprint density at radius 2 is 2.07 bits per heavy atom. The molecular weight excluding hydrogens is 168 g/mol. The summed E-state index contributed by atoms with van der Waals surface area (Å²) in [5.74, 6) is 1.71. The molecule has 3 rings (SSSR count). The van der Waals surface area contributed by atoms with Crippen LogP contribution in [0.5, 0.6) is 0 Å². The second-order valence-electron chi connectivity index (χ2n) is 4.99. The lowest BCUT2D eigenvalue weighted by atomic mass is 9.70. The number of hydrogen-bond donors (Lipinski definition) is 0. The van der Waals surface area contributed by atoms with Crippen LogP contribution in [-0.4, -0.2) is 0 Å². The summed E-state index contributed by atoms with van der Waals surface area (Å²) in [5.41, 5.74) is 5.07. The fourth-order valence-corrected chi connectivity index (χ4v) is 3.36. The molecule has 0 saturated heterocycles. The number of benzene rings is 1. The van der Waals surface area contributed by atoms with Gasteiger partial charge in [-0.3, -0.25) is 0 Å². The molecule has 0 aliphatic heterocycles. The third-order valence-corrected chi connectivity index (χ3v) is 4.12. The fourth-order valence-electron chi connectivity index (χ4n) is 3.36. The Kier molecular flexibility index (Phi) is 1.90. The van der Waals surface area contributed by atoms with E-state index in [1.807, 2.05) is 0 Å². The Labute approximate surface area is 86.3 Å². The monoisotopic (exact) mass is 186 g/mol. The third-order valence-electron chi connectivity index (χ3n) is 4.12. The first kappa shape index (κ1) is 8.52. The van der Waals surface area contributed by atoms with Crippen molar-refractivity contribution in [1.82, 2.24) is 0 Å². The van der Waals surface area contributed by atoms with Crippen LogP contribution in [0.1, 0.15) is 61.1 Å². The van der Waals surface area contributed by atoms with Crippen LogP contribution in [0.15, 0.2) is 18.2 Å². The van der Waals surface area contributed by atoms with E-state index >= 15 is 0 Å². The van der Waals surface area contributed by atoms with Crippen molar-refractivity contribution < 1.29 is 0 Å². The number of rotatable bonds is 0. The molecule has 0 saturated carbocycles. The predicted octanol–water partition coefficient (Wildman–Crippen LogP) is 4.00. The van der Waals surface area contributed by atoms with E-state index < -0.39 is 0 Å². The molecule has 0 nitrogen and oxygen atoms in total. The molecule has 0 fully saturated rings. The van der Waals surface area contributed by atoms with E-state index in [-0.39, 0.29) is 0 Å². The summed E-state index contributed by atoms with van der Waals surface area (Å²) < 4.78 is 0. The van der Waals surface area contributed by atoms with Crippen molar-refractivity contribution >= 4 is 0 Å². The highest BCUT2D eigenvalue weighted by Crippen LogP contribution is 2.45. The van der Waals surface area contributed by atoms with Crippen LogP contribution in [0.2, 0.25) is 0 Å². The van der Waals surface area contributed by atoms with Crippen LogP contribution < -0.4 is 0 Å². The Morgan fingerprint density at radius 1 is 1.14 bits per heavy atom. The highest BCUT2D eigenvalue weighted by Gasteiger charge is 2.28. The van der Waals surface area contributed by atoms with Crippen molar-refractivity contribution in [3.8, 4) is 0 Å². The van der Waals surface area contributed by atoms with Crippen molar-refractivity contribution in [2.45, 2.75) is 50.9 Å². The molecule has 14 heavy (non-hydrogen) atoms. The van der Waals surface area contributed by atoms with Gasteiger partial charge in [-0.05, 0) is 60.6 Å². The molecule has 0 amide bonds. The van der Waals surface area contributed by atoms with Gasteiger partial charge in [0.1, 0.15) is 0 Å². The molecule has 2 aliphatic rings. The van der Waals surface area contributed by atoms with Crippen LogP contribution in [-0.2, 0) is 6.42 Å². The predicted molar refractivity (Wildman–Crippen MR) is 59.8 cm³/mol. The average Bonchev–Trinajstić information content (AvgIpc) is 2.24. The van der Waals surface area contributed by atoms with E-state index in [4.69, 9.17) is 0 Å². The van der Waals surface area contributed by atoms with Gasteiger partial charge in [0.05, 0.1) is 0 Å². The van der Waals surface area contributed by atoms with Crippen molar-refractivity contribution in [3.63, 3.8) is 0 Å². The van der Waals surface area contributed by atoms with E-state index in [0.717, 1.165) is 11.8 Å². The normalized spacial score (nSPS) is 29.8. The van der Waals surface area contributed by atoms with Gasteiger partial charge in [-0.25, -0.2) is 0 Å². The summed E-state index contributed by atoms with van der Waals surface area (Å²) in [5, 5.41) is 0. The summed E-state index contributed by atoms with van der Waals surface area (Å²) in [7, 11) is 0. The zero-order chi connectivity index (χ0) is 9.54. The van der Waals surface area contributed by atoms with Crippen molar-refractivity contribution in [1.29, 1.82) is 0 Å². The van der Waals surface area contributed by atoms with Gasteiger partial charge in [-0.2, -0.15) is 0 Å². The second-order valence-corrected chi connectivity index (χ2v) is 4.99. The highest BCUT2D eigenvalue weighted by molar-refractivity contribution is 5.43. The molecule has 2 atom stereocenters. The van der Waals surface area contributed by atoms with Crippen LogP contribution >= 0.6 is 0 Å². The Morgan fingerprint density at radius 3 is 3.00 bits per heavy atom. The first-order chi connectivity index (χ1) is 6.86. The van der Waals surface area contributed by atoms with Crippen molar-refractivity contribution in [2.24, 2.45) is 0 Å². The zero-order valence-electron chi connectivity index (χ0n) is 8.92.